The second-order valence-electron chi connectivity index (χ2n) is 5.54. The second-order valence-corrected chi connectivity index (χ2v) is 5.54. The van der Waals surface area contributed by atoms with Gasteiger partial charge < -0.3 is 9.72 Å². The topological polar surface area (TPSA) is 55.0 Å². The van der Waals surface area contributed by atoms with E-state index < -0.39 is 0 Å². The van der Waals surface area contributed by atoms with Crippen LogP contribution in [-0.2, 0) is 9.53 Å². The highest BCUT2D eigenvalue weighted by molar-refractivity contribution is 5.76. The molecule has 106 valence electrons. The van der Waals surface area contributed by atoms with Gasteiger partial charge in [-0.3, -0.25) is 4.79 Å². The van der Waals surface area contributed by atoms with E-state index in [0.29, 0.717) is 6.61 Å². The summed E-state index contributed by atoms with van der Waals surface area (Å²) in [7, 11) is 0. The molecule has 19 heavy (non-hydrogen) atoms. The lowest BCUT2D eigenvalue weighted by Crippen LogP contribution is -2.15. The minimum atomic E-state index is -0.253. The van der Waals surface area contributed by atoms with Crippen LogP contribution >= 0.6 is 0 Å². The largest absolute Gasteiger partial charge is 0.465 e. The van der Waals surface area contributed by atoms with Crippen LogP contribution in [0.2, 0.25) is 0 Å². The Labute approximate surface area is 115 Å². The lowest BCUT2D eigenvalue weighted by molar-refractivity contribution is -0.145. The zero-order chi connectivity index (χ0) is 13.5. The van der Waals surface area contributed by atoms with Crippen LogP contribution in [0.5, 0.6) is 0 Å². The van der Waals surface area contributed by atoms with Gasteiger partial charge in [0.1, 0.15) is 0 Å². The molecule has 0 bridgehead atoms. The molecule has 0 amide bonds. The fourth-order valence-electron chi connectivity index (χ4n) is 2.78. The molecule has 0 saturated heterocycles. The number of carbonyl (C=O) groups excluding carboxylic acids is 1. The highest BCUT2D eigenvalue weighted by Crippen LogP contribution is 2.27. The average Bonchev–Trinajstić information content (AvgIpc) is 2.98. The van der Waals surface area contributed by atoms with E-state index in [1.165, 1.54) is 38.5 Å². The Balaban J connectivity index is 1.61. The Bertz CT molecular complexity index is 370. The van der Waals surface area contributed by atoms with Crippen LogP contribution in [0.1, 0.15) is 63.5 Å². The van der Waals surface area contributed by atoms with Gasteiger partial charge >= 0.3 is 5.97 Å². The maximum atomic E-state index is 11.8. The highest BCUT2D eigenvalue weighted by atomic mass is 16.5. The quantitative estimate of drug-likeness (QED) is 0.632. The molecule has 1 saturated carbocycles. The lowest BCUT2D eigenvalue weighted by atomic mass is 9.86. The number of imidazole rings is 1. The van der Waals surface area contributed by atoms with Crippen molar-refractivity contribution in [1.82, 2.24) is 9.97 Å². The molecule has 1 heterocycles. The molecular formula is C15H24N2O2. The summed E-state index contributed by atoms with van der Waals surface area (Å²) in [5.41, 5.74) is 0.817. The van der Waals surface area contributed by atoms with Crippen molar-refractivity contribution >= 4 is 5.97 Å². The first-order valence-electron chi connectivity index (χ1n) is 7.42. The fourth-order valence-corrected chi connectivity index (χ4v) is 2.78. The van der Waals surface area contributed by atoms with Crippen molar-refractivity contribution in [3.63, 3.8) is 0 Å². The zero-order valence-corrected chi connectivity index (χ0v) is 11.7. The van der Waals surface area contributed by atoms with Gasteiger partial charge in [0.2, 0.25) is 0 Å². The lowest BCUT2D eigenvalue weighted by Gasteiger charge is -2.21. The summed E-state index contributed by atoms with van der Waals surface area (Å²) in [5.74, 6) is 0.447. The van der Waals surface area contributed by atoms with E-state index in [4.69, 9.17) is 4.74 Å². The Hall–Kier alpha value is -1.32. The monoisotopic (exact) mass is 264 g/mol. The minimum absolute atomic E-state index is 0.159. The van der Waals surface area contributed by atoms with Gasteiger partial charge in [0.15, 0.2) is 0 Å². The maximum Gasteiger partial charge on any atom is 0.314 e. The maximum absolute atomic E-state index is 11.8. The van der Waals surface area contributed by atoms with Crippen molar-refractivity contribution in [2.75, 3.05) is 6.61 Å². The number of hydrogen-bond acceptors (Lipinski definition) is 3. The van der Waals surface area contributed by atoms with E-state index in [-0.39, 0.29) is 11.9 Å². The molecule has 1 aliphatic rings. The van der Waals surface area contributed by atoms with Crippen LogP contribution in [0, 0.1) is 5.92 Å². The summed E-state index contributed by atoms with van der Waals surface area (Å²) in [6.07, 6.45) is 12.3. The smallest absolute Gasteiger partial charge is 0.314 e. The van der Waals surface area contributed by atoms with Gasteiger partial charge in [-0.15, -0.1) is 0 Å². The first kappa shape index (κ1) is 14.1. The summed E-state index contributed by atoms with van der Waals surface area (Å²) in [6, 6.07) is 0. The summed E-state index contributed by atoms with van der Waals surface area (Å²) in [4.78, 5) is 18.7. The fraction of sp³-hybridized carbons (Fsp3) is 0.733. The van der Waals surface area contributed by atoms with Gasteiger partial charge in [-0.05, 0) is 25.7 Å². The molecule has 1 aromatic heterocycles. The summed E-state index contributed by atoms with van der Waals surface area (Å²) in [5, 5.41) is 0. The molecule has 1 unspecified atom stereocenters. The van der Waals surface area contributed by atoms with Gasteiger partial charge in [-0.25, -0.2) is 4.98 Å². The number of carbonyl (C=O) groups is 1. The second kappa shape index (κ2) is 7.31. The van der Waals surface area contributed by atoms with Gasteiger partial charge in [-0.2, -0.15) is 0 Å². The molecule has 0 aromatic carbocycles. The molecule has 1 N–H and O–H groups in total. The SMILES string of the molecule is CC(C(=O)OCCCC1CCCCC1)c1cnc[nH]1. The van der Waals surface area contributed by atoms with Gasteiger partial charge in [0, 0.05) is 11.9 Å². The van der Waals surface area contributed by atoms with Crippen LogP contribution in [0.25, 0.3) is 0 Å². The van der Waals surface area contributed by atoms with E-state index in [9.17, 15) is 4.79 Å². The molecule has 4 heteroatoms. The standard InChI is InChI=1S/C15H24N2O2/c1-12(14-10-16-11-17-14)15(18)19-9-5-8-13-6-3-2-4-7-13/h10-13H,2-9H2,1H3,(H,16,17). The van der Waals surface area contributed by atoms with Crippen molar-refractivity contribution in [2.45, 2.75) is 57.8 Å². The summed E-state index contributed by atoms with van der Waals surface area (Å²) < 4.78 is 5.33. The Morgan fingerprint density at radius 2 is 2.26 bits per heavy atom. The predicted octanol–water partition coefficient (Wildman–Crippen LogP) is 3.42. The molecule has 1 fully saturated rings. The third-order valence-electron chi connectivity index (χ3n) is 4.07. The van der Waals surface area contributed by atoms with Gasteiger partial charge in [0.05, 0.1) is 18.9 Å². The third kappa shape index (κ3) is 4.37. The normalized spacial score (nSPS) is 18.2. The number of rotatable bonds is 6. The molecule has 1 atom stereocenters. The van der Waals surface area contributed by atoms with E-state index in [2.05, 4.69) is 9.97 Å². The van der Waals surface area contributed by atoms with Crippen molar-refractivity contribution in [1.29, 1.82) is 0 Å². The Morgan fingerprint density at radius 1 is 1.47 bits per heavy atom. The first-order valence-corrected chi connectivity index (χ1v) is 7.42. The molecule has 4 nitrogen and oxygen atoms in total. The molecular weight excluding hydrogens is 240 g/mol. The predicted molar refractivity (Wildman–Crippen MR) is 73.8 cm³/mol. The van der Waals surface area contributed by atoms with E-state index >= 15 is 0 Å². The van der Waals surface area contributed by atoms with Crippen LogP contribution in [0.3, 0.4) is 0 Å². The number of H-pyrrole nitrogens is 1. The number of aromatic amines is 1. The van der Waals surface area contributed by atoms with E-state index in [1.807, 2.05) is 6.92 Å². The van der Waals surface area contributed by atoms with Crippen LogP contribution in [-0.4, -0.2) is 22.5 Å². The molecule has 1 aromatic rings. The first-order chi connectivity index (χ1) is 9.27. The van der Waals surface area contributed by atoms with Gasteiger partial charge in [0.25, 0.3) is 0 Å². The third-order valence-corrected chi connectivity index (χ3v) is 4.07. The Morgan fingerprint density at radius 3 is 2.95 bits per heavy atom. The van der Waals surface area contributed by atoms with Gasteiger partial charge in [-0.1, -0.05) is 32.1 Å². The molecule has 0 radical (unpaired) electrons. The number of ether oxygens (including phenoxy) is 1. The van der Waals surface area contributed by atoms with Crippen molar-refractivity contribution in [3.05, 3.63) is 18.2 Å². The summed E-state index contributed by atoms with van der Waals surface area (Å²) in [6.45, 7) is 2.39. The Kier molecular flexibility index (Phi) is 5.43. The van der Waals surface area contributed by atoms with Crippen LogP contribution < -0.4 is 0 Å². The van der Waals surface area contributed by atoms with E-state index in [0.717, 1.165) is 18.0 Å². The van der Waals surface area contributed by atoms with Crippen molar-refractivity contribution < 1.29 is 9.53 Å². The number of esters is 1. The van der Waals surface area contributed by atoms with Crippen LogP contribution in [0.4, 0.5) is 0 Å². The van der Waals surface area contributed by atoms with Crippen LogP contribution in [0.15, 0.2) is 12.5 Å². The van der Waals surface area contributed by atoms with Crippen molar-refractivity contribution in [2.24, 2.45) is 5.92 Å². The number of nitrogens with zero attached hydrogens (tertiary/aromatic N) is 1. The number of hydrogen-bond donors (Lipinski definition) is 1. The van der Waals surface area contributed by atoms with Crippen molar-refractivity contribution in [3.8, 4) is 0 Å². The average molecular weight is 264 g/mol. The van der Waals surface area contributed by atoms with E-state index in [1.54, 1.807) is 12.5 Å². The zero-order valence-electron chi connectivity index (χ0n) is 11.7. The molecule has 1 aliphatic carbocycles. The molecule has 0 spiro atoms. The number of nitrogens with one attached hydrogen (secondary N) is 1. The highest BCUT2D eigenvalue weighted by Gasteiger charge is 2.18. The minimum Gasteiger partial charge on any atom is -0.465 e. The molecule has 2 rings (SSSR count). The molecule has 0 aliphatic heterocycles. The number of aromatic nitrogens is 2. The summed E-state index contributed by atoms with van der Waals surface area (Å²) >= 11 is 0.